The standard InChI is InChI=1S/C25H36O4/c1-17-9-13-21(14-10-17)25(27)29-23(20-7-5-4-6-8-20)19(3)24(26)28-22-15-11-18(2)12-16-22/h4-8,17-19,21-23H,9-16H2,1-3H3. The van der Waals surface area contributed by atoms with Crippen molar-refractivity contribution in [3.8, 4) is 0 Å². The number of benzene rings is 1. The Kier molecular flexibility index (Phi) is 7.74. The summed E-state index contributed by atoms with van der Waals surface area (Å²) in [5.41, 5.74) is 0.853. The van der Waals surface area contributed by atoms with Crippen molar-refractivity contribution in [2.75, 3.05) is 0 Å². The molecule has 0 aromatic heterocycles. The van der Waals surface area contributed by atoms with Gasteiger partial charge >= 0.3 is 11.9 Å². The zero-order valence-corrected chi connectivity index (χ0v) is 18.1. The molecule has 3 rings (SSSR count). The molecule has 2 fully saturated rings. The van der Waals surface area contributed by atoms with Gasteiger partial charge in [0.1, 0.15) is 12.2 Å². The summed E-state index contributed by atoms with van der Waals surface area (Å²) >= 11 is 0. The highest BCUT2D eigenvalue weighted by molar-refractivity contribution is 5.76. The van der Waals surface area contributed by atoms with Crippen LogP contribution >= 0.6 is 0 Å². The molecule has 1 aromatic carbocycles. The lowest BCUT2D eigenvalue weighted by molar-refractivity contribution is -0.169. The van der Waals surface area contributed by atoms with Gasteiger partial charge in [0.15, 0.2) is 0 Å². The van der Waals surface area contributed by atoms with Gasteiger partial charge in [0, 0.05) is 0 Å². The molecular weight excluding hydrogens is 364 g/mol. The number of carbonyl (C=O) groups excluding carboxylic acids is 2. The van der Waals surface area contributed by atoms with E-state index in [0.717, 1.165) is 56.9 Å². The number of hydrogen-bond acceptors (Lipinski definition) is 4. The smallest absolute Gasteiger partial charge is 0.313 e. The minimum atomic E-state index is -0.599. The molecule has 0 bridgehead atoms. The lowest BCUT2D eigenvalue weighted by Gasteiger charge is -2.30. The summed E-state index contributed by atoms with van der Waals surface area (Å²) in [5, 5.41) is 0. The van der Waals surface area contributed by atoms with Crippen LogP contribution in [0.5, 0.6) is 0 Å². The Balaban J connectivity index is 1.66. The molecule has 0 aliphatic heterocycles. The van der Waals surface area contributed by atoms with Crippen molar-refractivity contribution in [3.05, 3.63) is 35.9 Å². The Morgan fingerprint density at radius 2 is 1.41 bits per heavy atom. The minimum Gasteiger partial charge on any atom is -0.462 e. The van der Waals surface area contributed by atoms with E-state index < -0.39 is 12.0 Å². The first-order valence-electron chi connectivity index (χ1n) is 11.4. The summed E-state index contributed by atoms with van der Waals surface area (Å²) in [5.74, 6) is 0.374. The third-order valence-electron chi connectivity index (χ3n) is 6.79. The molecule has 0 amide bonds. The molecule has 0 radical (unpaired) electrons. The van der Waals surface area contributed by atoms with Crippen LogP contribution in [0.2, 0.25) is 0 Å². The summed E-state index contributed by atoms with van der Waals surface area (Å²) in [6.07, 6.45) is 7.33. The van der Waals surface area contributed by atoms with Gasteiger partial charge in [-0.05, 0) is 75.7 Å². The van der Waals surface area contributed by atoms with Crippen molar-refractivity contribution in [1.82, 2.24) is 0 Å². The van der Waals surface area contributed by atoms with Crippen LogP contribution in [-0.4, -0.2) is 18.0 Å². The zero-order valence-electron chi connectivity index (χ0n) is 18.1. The maximum absolute atomic E-state index is 12.9. The van der Waals surface area contributed by atoms with E-state index >= 15 is 0 Å². The van der Waals surface area contributed by atoms with Gasteiger partial charge in [-0.3, -0.25) is 9.59 Å². The summed E-state index contributed by atoms with van der Waals surface area (Å²) in [7, 11) is 0. The fraction of sp³-hybridized carbons (Fsp3) is 0.680. The van der Waals surface area contributed by atoms with Crippen LogP contribution in [0.15, 0.2) is 30.3 Å². The molecule has 29 heavy (non-hydrogen) atoms. The van der Waals surface area contributed by atoms with Gasteiger partial charge in [0.25, 0.3) is 0 Å². The van der Waals surface area contributed by atoms with Crippen LogP contribution in [0, 0.1) is 23.7 Å². The van der Waals surface area contributed by atoms with E-state index in [2.05, 4.69) is 13.8 Å². The van der Waals surface area contributed by atoms with E-state index in [0.29, 0.717) is 11.8 Å². The molecule has 0 spiro atoms. The van der Waals surface area contributed by atoms with Crippen molar-refractivity contribution in [2.45, 2.75) is 84.3 Å². The van der Waals surface area contributed by atoms with E-state index in [1.807, 2.05) is 37.3 Å². The topological polar surface area (TPSA) is 52.6 Å². The number of esters is 2. The lowest BCUT2D eigenvalue weighted by atomic mass is 9.83. The van der Waals surface area contributed by atoms with Crippen molar-refractivity contribution >= 4 is 11.9 Å². The Labute approximate surface area is 175 Å². The van der Waals surface area contributed by atoms with Gasteiger partial charge in [-0.1, -0.05) is 44.2 Å². The quantitative estimate of drug-likeness (QED) is 0.562. The molecule has 2 unspecified atom stereocenters. The molecule has 0 N–H and O–H groups in total. The zero-order chi connectivity index (χ0) is 20.8. The largest absolute Gasteiger partial charge is 0.462 e. The summed E-state index contributed by atoms with van der Waals surface area (Å²) < 4.78 is 11.8. The minimum absolute atomic E-state index is 0.00638. The predicted molar refractivity (Wildman–Crippen MR) is 113 cm³/mol. The molecule has 160 valence electrons. The first-order valence-corrected chi connectivity index (χ1v) is 11.4. The van der Waals surface area contributed by atoms with Crippen LogP contribution in [0.3, 0.4) is 0 Å². The first-order chi connectivity index (χ1) is 13.9. The average molecular weight is 401 g/mol. The van der Waals surface area contributed by atoms with Gasteiger partial charge in [-0.15, -0.1) is 0 Å². The van der Waals surface area contributed by atoms with Crippen LogP contribution in [0.1, 0.15) is 83.8 Å². The van der Waals surface area contributed by atoms with Crippen molar-refractivity contribution < 1.29 is 19.1 Å². The van der Waals surface area contributed by atoms with Crippen LogP contribution in [-0.2, 0) is 19.1 Å². The maximum Gasteiger partial charge on any atom is 0.313 e. The monoisotopic (exact) mass is 400 g/mol. The van der Waals surface area contributed by atoms with Crippen LogP contribution in [0.4, 0.5) is 0 Å². The van der Waals surface area contributed by atoms with E-state index in [9.17, 15) is 9.59 Å². The summed E-state index contributed by atoms with van der Waals surface area (Å²) in [6, 6.07) is 9.61. The number of rotatable bonds is 6. The molecule has 2 atom stereocenters. The molecule has 2 saturated carbocycles. The highest BCUT2D eigenvalue weighted by atomic mass is 16.6. The van der Waals surface area contributed by atoms with Gasteiger partial charge in [0.2, 0.25) is 0 Å². The van der Waals surface area contributed by atoms with Gasteiger partial charge in [-0.25, -0.2) is 0 Å². The number of hydrogen-bond donors (Lipinski definition) is 0. The van der Waals surface area contributed by atoms with Crippen molar-refractivity contribution in [3.63, 3.8) is 0 Å². The Morgan fingerprint density at radius 1 is 0.862 bits per heavy atom. The fourth-order valence-corrected chi connectivity index (χ4v) is 4.56. The fourth-order valence-electron chi connectivity index (χ4n) is 4.56. The first kappa shape index (κ1) is 21.9. The Hall–Kier alpha value is -1.84. The predicted octanol–water partition coefficient (Wildman–Crippen LogP) is 5.86. The molecule has 0 heterocycles. The summed E-state index contributed by atoms with van der Waals surface area (Å²) in [4.78, 5) is 25.8. The molecule has 2 aliphatic rings. The molecule has 2 aliphatic carbocycles. The van der Waals surface area contributed by atoms with Gasteiger partial charge in [-0.2, -0.15) is 0 Å². The second-order valence-electron chi connectivity index (χ2n) is 9.33. The van der Waals surface area contributed by atoms with E-state index in [4.69, 9.17) is 9.47 Å². The van der Waals surface area contributed by atoms with Gasteiger partial charge in [0.05, 0.1) is 11.8 Å². The molecule has 4 nitrogen and oxygen atoms in total. The van der Waals surface area contributed by atoms with E-state index in [1.54, 1.807) is 0 Å². The normalized spacial score (nSPS) is 29.5. The third kappa shape index (κ3) is 6.07. The third-order valence-corrected chi connectivity index (χ3v) is 6.79. The highest BCUT2D eigenvalue weighted by Gasteiger charge is 2.35. The Bertz CT molecular complexity index is 655. The number of ether oxygens (including phenoxy) is 2. The second kappa shape index (κ2) is 10.3. The SMILES string of the molecule is CC1CCC(OC(=O)C(C)C(OC(=O)C2CCC(C)CC2)c2ccccc2)CC1. The highest BCUT2D eigenvalue weighted by Crippen LogP contribution is 2.34. The summed E-state index contributed by atoms with van der Waals surface area (Å²) in [6.45, 7) is 6.30. The van der Waals surface area contributed by atoms with E-state index in [1.165, 1.54) is 0 Å². The lowest BCUT2D eigenvalue weighted by Crippen LogP contribution is -2.32. The molecule has 1 aromatic rings. The molecule has 4 heteroatoms. The number of carbonyl (C=O) groups is 2. The molecular formula is C25H36O4. The Morgan fingerprint density at radius 3 is 2.00 bits per heavy atom. The van der Waals surface area contributed by atoms with Crippen molar-refractivity contribution in [2.24, 2.45) is 23.7 Å². The van der Waals surface area contributed by atoms with Crippen LogP contribution in [0.25, 0.3) is 0 Å². The molecule has 0 saturated heterocycles. The second-order valence-corrected chi connectivity index (χ2v) is 9.33. The van der Waals surface area contributed by atoms with Crippen molar-refractivity contribution in [1.29, 1.82) is 0 Å². The average Bonchev–Trinajstić information content (AvgIpc) is 2.74. The van der Waals surface area contributed by atoms with Gasteiger partial charge < -0.3 is 9.47 Å². The van der Waals surface area contributed by atoms with E-state index in [-0.39, 0.29) is 24.0 Å². The van der Waals surface area contributed by atoms with Crippen LogP contribution < -0.4 is 0 Å². The maximum atomic E-state index is 12.9.